The molecule has 3 fully saturated rings. The van der Waals surface area contributed by atoms with Gasteiger partial charge in [-0.3, -0.25) is 4.52 Å². The first-order chi connectivity index (χ1) is 29.7. The van der Waals surface area contributed by atoms with Gasteiger partial charge in [0.1, 0.15) is 17.6 Å². The molecule has 0 spiro atoms. The summed E-state index contributed by atoms with van der Waals surface area (Å²) in [7, 11) is -8.15. The van der Waals surface area contributed by atoms with E-state index in [0.29, 0.717) is 18.6 Å². The van der Waals surface area contributed by atoms with Crippen molar-refractivity contribution >= 4 is 35.4 Å². The molecule has 0 radical (unpaired) electrons. The number of benzene rings is 3. The van der Waals surface area contributed by atoms with Gasteiger partial charge in [0.25, 0.3) is 0 Å². The molecule has 3 aromatic rings. The molecule has 3 saturated heterocycles. The largest absolute Gasteiger partial charge is 0.480 e. The van der Waals surface area contributed by atoms with Crippen molar-refractivity contribution in [1.29, 1.82) is 0 Å². The van der Waals surface area contributed by atoms with Gasteiger partial charge in [-0.1, -0.05) is 44.2 Å². The molecule has 3 heterocycles. The molecule has 3 aromatic carbocycles. The summed E-state index contributed by atoms with van der Waals surface area (Å²) in [5.41, 5.74) is 1.62. The summed E-state index contributed by atoms with van der Waals surface area (Å²) >= 11 is 0. The molecule has 6 rings (SSSR count). The second-order valence-corrected chi connectivity index (χ2v) is 20.0. The van der Waals surface area contributed by atoms with Crippen molar-refractivity contribution in [3.05, 3.63) is 84.4 Å². The number of aliphatic hydroxyl groups excluding tert-OH is 1. The Balaban J connectivity index is 1.17. The maximum Gasteiger partial charge on any atom is 0.417 e. The molecule has 3 aliphatic rings. The van der Waals surface area contributed by atoms with E-state index in [1.165, 1.54) is 17.6 Å². The second kappa shape index (κ2) is 21.9. The van der Waals surface area contributed by atoms with Gasteiger partial charge in [-0.15, -0.1) is 0 Å². The van der Waals surface area contributed by atoms with Crippen molar-refractivity contribution < 1.29 is 60.4 Å². The maximum atomic E-state index is 14.2. The predicted octanol–water partition coefficient (Wildman–Crippen LogP) is 6.36. The predicted molar refractivity (Wildman–Crippen MR) is 231 cm³/mol. The number of hydrogen-bond donors (Lipinski definition) is 2. The number of hydrogen-bond acceptors (Lipinski definition) is 14. The van der Waals surface area contributed by atoms with E-state index >= 15 is 0 Å². The fourth-order valence-corrected chi connectivity index (χ4v) is 10.8. The number of nitrogens with one attached hydrogen (secondary N) is 1. The van der Waals surface area contributed by atoms with E-state index in [-0.39, 0.29) is 61.0 Å². The lowest BCUT2D eigenvalue weighted by Gasteiger charge is -2.31. The number of ether oxygens (including phenoxy) is 5. The average molecular weight is 902 g/mol. The van der Waals surface area contributed by atoms with Gasteiger partial charge >= 0.3 is 19.7 Å². The van der Waals surface area contributed by atoms with Gasteiger partial charge < -0.3 is 43.5 Å². The lowest BCUT2D eigenvalue weighted by molar-refractivity contribution is -0.150. The number of rotatable bonds is 21. The smallest absolute Gasteiger partial charge is 0.417 e. The molecule has 1 amide bonds. The molecule has 7 atom stereocenters. The van der Waals surface area contributed by atoms with Crippen molar-refractivity contribution in [2.75, 3.05) is 57.2 Å². The Hall–Kier alpha value is -4.22. The number of nitrogens with zero attached hydrogens (tertiary/aromatic N) is 2. The number of amides is 1. The van der Waals surface area contributed by atoms with Crippen LogP contribution in [0.3, 0.4) is 0 Å². The van der Waals surface area contributed by atoms with Crippen LogP contribution in [0.5, 0.6) is 11.5 Å². The van der Waals surface area contributed by atoms with Crippen molar-refractivity contribution in [3.63, 3.8) is 0 Å². The standard InChI is InChI=1S/C44H60N3O13PS/c1-5-54-42(49)32(4)59-61(51,60-36-12-8-6-9-13-36)30-57-35-18-14-33(15-19-35)26-39(45-44(50)58-41-29-56-43-38(41)22-25-55-43)40(48)28-47(27-31(2)3)62(52,53)37-20-16-34(17-21-37)46-23-10-7-11-24-46/h6,8-9,12-21,31-32,38-41,43,48H,5,7,10-11,22-30H2,1-4H3,(H,45,50)/t32-,38-,39-,40+,41-,43+,61?/m0/s1. The van der Waals surface area contributed by atoms with Crippen molar-refractivity contribution in [3.8, 4) is 11.5 Å². The summed E-state index contributed by atoms with van der Waals surface area (Å²) in [6.45, 7) is 9.29. The van der Waals surface area contributed by atoms with Gasteiger partial charge in [-0.25, -0.2) is 22.6 Å². The Labute approximate surface area is 364 Å². The van der Waals surface area contributed by atoms with Crippen LogP contribution in [-0.2, 0) is 49.3 Å². The minimum Gasteiger partial charge on any atom is -0.480 e. The van der Waals surface area contributed by atoms with Gasteiger partial charge in [0, 0.05) is 31.9 Å². The Morgan fingerprint density at radius 1 is 0.935 bits per heavy atom. The van der Waals surface area contributed by atoms with Crippen LogP contribution in [0.25, 0.3) is 0 Å². The molecular weight excluding hydrogens is 842 g/mol. The summed E-state index contributed by atoms with van der Waals surface area (Å²) in [4.78, 5) is 28.2. The third-order valence-corrected chi connectivity index (χ3v) is 14.3. The van der Waals surface area contributed by atoms with Crippen LogP contribution < -0.4 is 19.5 Å². The molecular formula is C44H60N3O13PS. The van der Waals surface area contributed by atoms with Crippen molar-refractivity contribution in [2.24, 2.45) is 11.8 Å². The lowest BCUT2D eigenvalue weighted by atomic mass is 10.0. The maximum absolute atomic E-state index is 14.2. The third-order valence-electron chi connectivity index (χ3n) is 10.9. The minimum atomic E-state index is -4.08. The molecule has 0 aliphatic carbocycles. The van der Waals surface area contributed by atoms with E-state index < -0.39 is 66.7 Å². The molecule has 2 N–H and O–H groups in total. The van der Waals surface area contributed by atoms with Gasteiger partial charge in [0.05, 0.1) is 42.8 Å². The summed E-state index contributed by atoms with van der Waals surface area (Å²) in [6, 6.07) is 20.9. The molecule has 3 aliphatic heterocycles. The Morgan fingerprint density at radius 2 is 1.65 bits per heavy atom. The lowest BCUT2D eigenvalue weighted by Crippen LogP contribution is -2.51. The quantitative estimate of drug-likeness (QED) is 0.0888. The van der Waals surface area contributed by atoms with Crippen molar-refractivity contribution in [1.82, 2.24) is 9.62 Å². The van der Waals surface area contributed by atoms with Crippen LogP contribution in [-0.4, -0.2) is 113 Å². The summed E-state index contributed by atoms with van der Waals surface area (Å²) in [5, 5.41) is 14.7. The molecule has 62 heavy (non-hydrogen) atoms. The number of carbonyl (C=O) groups excluding carboxylic acids is 2. The van der Waals surface area contributed by atoms with E-state index in [0.717, 1.165) is 31.6 Å². The molecule has 16 nitrogen and oxygen atoms in total. The summed E-state index contributed by atoms with van der Waals surface area (Å²) < 4.78 is 82.9. The van der Waals surface area contributed by atoms with E-state index in [9.17, 15) is 27.7 Å². The number of carbonyl (C=O) groups is 2. The summed E-state index contributed by atoms with van der Waals surface area (Å²) in [6.07, 6.45) is -0.785. The van der Waals surface area contributed by atoms with Crippen LogP contribution in [0.15, 0.2) is 83.8 Å². The van der Waals surface area contributed by atoms with Gasteiger partial charge in [0.2, 0.25) is 16.4 Å². The Bertz CT molecular complexity index is 2050. The highest BCUT2D eigenvalue weighted by Crippen LogP contribution is 2.49. The van der Waals surface area contributed by atoms with Crippen LogP contribution in [0, 0.1) is 11.8 Å². The average Bonchev–Trinajstić information content (AvgIpc) is 3.89. The zero-order valence-corrected chi connectivity index (χ0v) is 37.5. The number of aliphatic hydroxyl groups is 1. The van der Waals surface area contributed by atoms with Crippen molar-refractivity contribution in [2.45, 2.75) is 95.3 Å². The zero-order valence-electron chi connectivity index (χ0n) is 35.8. The van der Waals surface area contributed by atoms with Gasteiger partial charge in [0.15, 0.2) is 12.4 Å². The number of sulfonamides is 1. The molecule has 1 unspecified atom stereocenters. The van der Waals surface area contributed by atoms with Gasteiger partial charge in [-0.2, -0.15) is 4.31 Å². The number of esters is 1. The van der Waals surface area contributed by atoms with Crippen LogP contribution in [0.2, 0.25) is 0 Å². The molecule has 0 aromatic heterocycles. The van der Waals surface area contributed by atoms with Gasteiger partial charge in [-0.05, 0) is 106 Å². The van der Waals surface area contributed by atoms with Crippen LogP contribution >= 0.6 is 7.60 Å². The van der Waals surface area contributed by atoms with Crippen LogP contribution in [0.4, 0.5) is 10.5 Å². The first-order valence-corrected chi connectivity index (χ1v) is 24.5. The normalized spacial score (nSPS) is 21.4. The minimum absolute atomic E-state index is 0.0722. The molecule has 18 heteroatoms. The number of fused-ring (bicyclic) bond motifs is 1. The second-order valence-electron chi connectivity index (χ2n) is 16.2. The van der Waals surface area contributed by atoms with Crippen LogP contribution in [0.1, 0.15) is 58.9 Å². The first-order valence-electron chi connectivity index (χ1n) is 21.4. The number of alkyl carbamates (subject to hydrolysis) is 1. The van der Waals surface area contributed by atoms with E-state index in [1.807, 2.05) is 26.0 Å². The van der Waals surface area contributed by atoms with E-state index in [1.54, 1.807) is 73.7 Å². The molecule has 0 bridgehead atoms. The number of piperidine rings is 1. The highest BCUT2D eigenvalue weighted by molar-refractivity contribution is 7.89. The fourth-order valence-electron chi connectivity index (χ4n) is 7.69. The fraction of sp³-hybridized carbons (Fsp3) is 0.545. The summed E-state index contributed by atoms with van der Waals surface area (Å²) in [5.74, 6) is -0.356. The number of para-hydroxylation sites is 1. The Morgan fingerprint density at radius 3 is 2.32 bits per heavy atom. The SMILES string of the molecule is CCOC(=O)[C@H](C)OP(=O)(COc1ccc(C[C@H](NC(=O)O[C@H]2CO[C@H]3OCC[C@H]32)[C@H](O)CN(CC(C)C)S(=O)(=O)c2ccc(N3CCCCC3)cc2)cc1)Oc1ccccc1. The molecule has 340 valence electrons. The molecule has 0 saturated carbocycles. The zero-order chi connectivity index (χ0) is 44.3. The van der Waals surface area contributed by atoms with E-state index in [4.69, 9.17) is 32.7 Å². The number of anilines is 1. The van der Waals surface area contributed by atoms with E-state index in [2.05, 4.69) is 10.2 Å². The Kier molecular flexibility index (Phi) is 16.7. The monoisotopic (exact) mass is 901 g/mol. The third kappa shape index (κ3) is 12.9. The topological polar surface area (TPSA) is 189 Å². The first kappa shape index (κ1) is 47.3. The highest BCUT2D eigenvalue weighted by atomic mass is 32.2. The highest BCUT2D eigenvalue weighted by Gasteiger charge is 2.44.